The molecule has 104 valence electrons. The van der Waals surface area contributed by atoms with Crippen molar-refractivity contribution in [2.24, 2.45) is 0 Å². The third-order valence-electron chi connectivity index (χ3n) is 3.48. The summed E-state index contributed by atoms with van der Waals surface area (Å²) in [5.41, 5.74) is 2.74. The Balaban J connectivity index is 2.35. The molecule has 0 aromatic carbocycles. The summed E-state index contributed by atoms with van der Waals surface area (Å²) in [6, 6.07) is 1.86. The van der Waals surface area contributed by atoms with Crippen molar-refractivity contribution in [1.29, 1.82) is 0 Å². The summed E-state index contributed by atoms with van der Waals surface area (Å²) in [7, 11) is 1.65. The van der Waals surface area contributed by atoms with Gasteiger partial charge in [-0.2, -0.15) is 0 Å². The SMILES string of the molecule is COCCCn1c2c(cc(CC(=O)Cl)c1=O)CCC2. The predicted octanol–water partition coefficient (Wildman–Crippen LogP) is 1.68. The molecule has 1 aromatic heterocycles. The first kappa shape index (κ1) is 14.3. The van der Waals surface area contributed by atoms with E-state index in [1.54, 1.807) is 11.7 Å². The molecule has 0 radical (unpaired) electrons. The van der Waals surface area contributed by atoms with E-state index in [1.807, 2.05) is 6.07 Å². The minimum absolute atomic E-state index is 0.0119. The van der Waals surface area contributed by atoms with Gasteiger partial charge >= 0.3 is 0 Å². The molecule has 19 heavy (non-hydrogen) atoms. The van der Waals surface area contributed by atoms with Gasteiger partial charge in [0, 0.05) is 31.5 Å². The Labute approximate surface area is 117 Å². The lowest BCUT2D eigenvalue weighted by Crippen LogP contribution is -2.28. The topological polar surface area (TPSA) is 48.3 Å². The lowest BCUT2D eigenvalue weighted by Gasteiger charge is -2.14. The third kappa shape index (κ3) is 3.25. The second-order valence-corrected chi connectivity index (χ2v) is 5.25. The van der Waals surface area contributed by atoms with E-state index in [9.17, 15) is 9.59 Å². The van der Waals surface area contributed by atoms with E-state index < -0.39 is 5.24 Å². The van der Waals surface area contributed by atoms with Gasteiger partial charge in [-0.3, -0.25) is 9.59 Å². The molecule has 0 spiro atoms. The molecule has 5 heteroatoms. The fourth-order valence-electron chi connectivity index (χ4n) is 2.66. The lowest BCUT2D eigenvalue weighted by atomic mass is 10.1. The molecule has 0 saturated carbocycles. The maximum Gasteiger partial charge on any atom is 0.254 e. The first-order valence-electron chi connectivity index (χ1n) is 6.55. The van der Waals surface area contributed by atoms with E-state index in [0.717, 1.165) is 31.4 Å². The molecule has 0 unspecified atom stereocenters. The van der Waals surface area contributed by atoms with E-state index in [0.29, 0.717) is 18.7 Å². The minimum atomic E-state index is -0.488. The average Bonchev–Trinajstić information content (AvgIpc) is 2.80. The van der Waals surface area contributed by atoms with Gasteiger partial charge < -0.3 is 9.30 Å². The summed E-state index contributed by atoms with van der Waals surface area (Å²) in [5, 5.41) is -0.488. The number of carbonyl (C=O) groups excluding carboxylic acids is 1. The highest BCUT2D eigenvalue weighted by Gasteiger charge is 2.19. The van der Waals surface area contributed by atoms with Gasteiger partial charge in [0.25, 0.3) is 5.56 Å². The predicted molar refractivity (Wildman–Crippen MR) is 73.8 cm³/mol. The van der Waals surface area contributed by atoms with Gasteiger partial charge in [-0.15, -0.1) is 0 Å². The molecule has 2 rings (SSSR count). The Morgan fingerprint density at radius 2 is 2.26 bits per heavy atom. The summed E-state index contributed by atoms with van der Waals surface area (Å²) in [6.07, 6.45) is 3.78. The largest absolute Gasteiger partial charge is 0.385 e. The quantitative estimate of drug-likeness (QED) is 0.589. The molecule has 0 aliphatic heterocycles. The van der Waals surface area contributed by atoms with Crippen LogP contribution in [0, 0.1) is 0 Å². The van der Waals surface area contributed by atoms with Crippen LogP contribution in [-0.2, 0) is 35.3 Å². The minimum Gasteiger partial charge on any atom is -0.385 e. The van der Waals surface area contributed by atoms with Gasteiger partial charge in [0.15, 0.2) is 0 Å². The highest BCUT2D eigenvalue weighted by molar-refractivity contribution is 6.63. The second-order valence-electron chi connectivity index (χ2n) is 4.83. The number of aryl methyl sites for hydroxylation is 1. The third-order valence-corrected chi connectivity index (χ3v) is 3.62. The fourth-order valence-corrected chi connectivity index (χ4v) is 2.81. The zero-order valence-corrected chi connectivity index (χ0v) is 11.8. The summed E-state index contributed by atoms with van der Waals surface area (Å²) in [6.45, 7) is 1.26. The number of aromatic nitrogens is 1. The number of hydrogen-bond donors (Lipinski definition) is 0. The van der Waals surface area contributed by atoms with Crippen LogP contribution in [-0.4, -0.2) is 23.5 Å². The number of nitrogens with zero attached hydrogens (tertiary/aromatic N) is 1. The summed E-state index contributed by atoms with van der Waals surface area (Å²) in [5.74, 6) is 0. The van der Waals surface area contributed by atoms with Crippen LogP contribution in [0.5, 0.6) is 0 Å². The molecule has 1 aromatic rings. The number of carbonyl (C=O) groups is 1. The van der Waals surface area contributed by atoms with Crippen LogP contribution in [0.1, 0.15) is 29.7 Å². The molecular formula is C14H18ClNO3. The van der Waals surface area contributed by atoms with Crippen LogP contribution in [0.15, 0.2) is 10.9 Å². The van der Waals surface area contributed by atoms with E-state index in [4.69, 9.17) is 16.3 Å². The van der Waals surface area contributed by atoms with Crippen LogP contribution in [0.3, 0.4) is 0 Å². The molecule has 1 aliphatic carbocycles. The van der Waals surface area contributed by atoms with Crippen LogP contribution < -0.4 is 5.56 Å². The van der Waals surface area contributed by atoms with Crippen LogP contribution in [0.25, 0.3) is 0 Å². The Kier molecular flexibility index (Phi) is 4.77. The highest BCUT2D eigenvalue weighted by atomic mass is 35.5. The molecule has 0 bridgehead atoms. The lowest BCUT2D eigenvalue weighted by molar-refractivity contribution is -0.111. The monoisotopic (exact) mass is 283 g/mol. The smallest absolute Gasteiger partial charge is 0.254 e. The second kappa shape index (κ2) is 6.35. The number of methoxy groups -OCH3 is 1. The van der Waals surface area contributed by atoms with Crippen LogP contribution >= 0.6 is 11.6 Å². The number of hydrogen-bond acceptors (Lipinski definition) is 3. The van der Waals surface area contributed by atoms with E-state index in [-0.39, 0.29) is 12.0 Å². The van der Waals surface area contributed by atoms with Crippen molar-refractivity contribution in [2.75, 3.05) is 13.7 Å². The van der Waals surface area contributed by atoms with Crippen molar-refractivity contribution in [3.63, 3.8) is 0 Å². The van der Waals surface area contributed by atoms with Gasteiger partial charge in [0.2, 0.25) is 5.24 Å². The molecule has 4 nitrogen and oxygen atoms in total. The maximum absolute atomic E-state index is 12.4. The Morgan fingerprint density at radius 1 is 1.47 bits per heavy atom. The van der Waals surface area contributed by atoms with Gasteiger partial charge in [-0.05, 0) is 48.9 Å². The molecule has 0 N–H and O–H groups in total. The molecule has 0 fully saturated rings. The van der Waals surface area contributed by atoms with Crippen molar-refractivity contribution in [2.45, 2.75) is 38.6 Å². The maximum atomic E-state index is 12.4. The summed E-state index contributed by atoms with van der Waals surface area (Å²) >= 11 is 5.41. The number of pyridine rings is 1. The molecule has 1 heterocycles. The van der Waals surface area contributed by atoms with Gasteiger partial charge in [0.1, 0.15) is 0 Å². The van der Waals surface area contributed by atoms with E-state index in [2.05, 4.69) is 0 Å². The van der Waals surface area contributed by atoms with Crippen LogP contribution in [0.4, 0.5) is 0 Å². The molecule has 1 aliphatic rings. The highest BCUT2D eigenvalue weighted by Crippen LogP contribution is 2.21. The van der Waals surface area contributed by atoms with Crippen molar-refractivity contribution < 1.29 is 9.53 Å². The van der Waals surface area contributed by atoms with Crippen LogP contribution in [0.2, 0.25) is 0 Å². The first-order chi connectivity index (χ1) is 9.13. The fraction of sp³-hybridized carbons (Fsp3) is 0.571. The van der Waals surface area contributed by atoms with Crippen molar-refractivity contribution >= 4 is 16.8 Å². The number of ether oxygens (including phenoxy) is 1. The first-order valence-corrected chi connectivity index (χ1v) is 6.93. The van der Waals surface area contributed by atoms with Gasteiger partial charge in [0.05, 0.1) is 6.42 Å². The average molecular weight is 284 g/mol. The standard InChI is InChI=1S/C14H18ClNO3/c1-19-7-3-6-16-12-5-2-4-10(12)8-11(14(16)18)9-13(15)17/h8H,2-7,9H2,1H3. The Bertz CT molecular complexity index is 536. The molecular weight excluding hydrogens is 266 g/mol. The van der Waals surface area contributed by atoms with E-state index >= 15 is 0 Å². The number of rotatable bonds is 6. The van der Waals surface area contributed by atoms with Crippen molar-refractivity contribution in [3.05, 3.63) is 33.2 Å². The Morgan fingerprint density at radius 3 is 2.95 bits per heavy atom. The summed E-state index contributed by atoms with van der Waals surface area (Å²) in [4.78, 5) is 23.4. The molecule has 0 atom stereocenters. The number of halogens is 1. The zero-order chi connectivity index (χ0) is 13.8. The van der Waals surface area contributed by atoms with Crippen molar-refractivity contribution in [3.8, 4) is 0 Å². The molecule has 0 saturated heterocycles. The molecule has 0 amide bonds. The van der Waals surface area contributed by atoms with Gasteiger partial charge in [-0.1, -0.05) is 0 Å². The number of fused-ring (bicyclic) bond motifs is 1. The van der Waals surface area contributed by atoms with E-state index in [1.165, 1.54) is 5.56 Å². The van der Waals surface area contributed by atoms with Gasteiger partial charge in [-0.25, -0.2) is 0 Å². The normalized spacial score (nSPS) is 13.6. The Hall–Kier alpha value is -1.13. The summed E-state index contributed by atoms with van der Waals surface area (Å²) < 4.78 is 6.83. The van der Waals surface area contributed by atoms with Crippen molar-refractivity contribution in [1.82, 2.24) is 4.57 Å². The zero-order valence-electron chi connectivity index (χ0n) is 11.1.